The Morgan fingerprint density at radius 3 is 2.38 bits per heavy atom. The van der Waals surface area contributed by atoms with E-state index in [4.69, 9.17) is 5.73 Å². The molecule has 4 nitrogen and oxygen atoms in total. The number of benzene rings is 1. The molecule has 0 heterocycles. The summed E-state index contributed by atoms with van der Waals surface area (Å²) < 4.78 is 28.4. The monoisotopic (exact) mass is 298 g/mol. The Balaban J connectivity index is 1.96. The average molecular weight is 298 g/mol. The second-order valence-electron chi connectivity index (χ2n) is 5.51. The molecule has 0 saturated heterocycles. The van der Waals surface area contributed by atoms with Crippen molar-refractivity contribution in [1.82, 2.24) is 5.32 Å². The molecule has 0 aliphatic heterocycles. The number of rotatable bonds is 5. The summed E-state index contributed by atoms with van der Waals surface area (Å²) in [6, 6.07) is 5.98. The van der Waals surface area contributed by atoms with Crippen LogP contribution in [0.15, 0.2) is 24.3 Å². The van der Waals surface area contributed by atoms with Crippen LogP contribution in [0, 0.1) is 0 Å². The lowest BCUT2D eigenvalue weighted by Gasteiger charge is -2.25. The molecular weight excluding hydrogens is 278 g/mol. The highest BCUT2D eigenvalue weighted by molar-refractivity contribution is 5.86. The lowest BCUT2D eigenvalue weighted by Crippen LogP contribution is -2.52. The van der Waals surface area contributed by atoms with E-state index >= 15 is 0 Å². The van der Waals surface area contributed by atoms with Gasteiger partial charge in [-0.1, -0.05) is 25.0 Å². The van der Waals surface area contributed by atoms with Crippen LogP contribution in [0.2, 0.25) is 0 Å². The maximum Gasteiger partial charge on any atom is 0.387 e. The number of alkyl halides is 2. The predicted octanol–water partition coefficient (Wildman–Crippen LogP) is 2.74. The van der Waals surface area contributed by atoms with E-state index < -0.39 is 12.2 Å². The predicted molar refractivity (Wildman–Crippen MR) is 75.0 cm³/mol. The molecule has 1 unspecified atom stereocenters. The average Bonchev–Trinajstić information content (AvgIpc) is 2.87. The van der Waals surface area contributed by atoms with Crippen molar-refractivity contribution >= 4 is 5.91 Å². The van der Waals surface area contributed by atoms with E-state index in [9.17, 15) is 13.6 Å². The first kappa shape index (κ1) is 15.7. The van der Waals surface area contributed by atoms with Gasteiger partial charge in [-0.05, 0) is 37.5 Å². The maximum absolute atomic E-state index is 12.2. The number of hydrogen-bond donors (Lipinski definition) is 2. The van der Waals surface area contributed by atoms with Gasteiger partial charge in [0, 0.05) is 0 Å². The van der Waals surface area contributed by atoms with Crippen LogP contribution in [0.5, 0.6) is 5.75 Å². The molecule has 116 valence electrons. The highest BCUT2D eigenvalue weighted by atomic mass is 19.3. The van der Waals surface area contributed by atoms with Crippen LogP contribution in [0.25, 0.3) is 0 Å². The summed E-state index contributed by atoms with van der Waals surface area (Å²) in [6.45, 7) is -1.01. The van der Waals surface area contributed by atoms with E-state index in [0.29, 0.717) is 12.8 Å². The van der Waals surface area contributed by atoms with Crippen LogP contribution in [0.1, 0.15) is 44.2 Å². The molecule has 2 rings (SSSR count). The van der Waals surface area contributed by atoms with Gasteiger partial charge in [0.25, 0.3) is 0 Å². The minimum atomic E-state index is -2.84. The third-order valence-corrected chi connectivity index (χ3v) is 3.90. The van der Waals surface area contributed by atoms with E-state index in [1.165, 1.54) is 12.1 Å². The Labute approximate surface area is 122 Å². The van der Waals surface area contributed by atoms with Crippen LogP contribution in [-0.4, -0.2) is 18.1 Å². The zero-order valence-electron chi connectivity index (χ0n) is 11.9. The third kappa shape index (κ3) is 3.91. The van der Waals surface area contributed by atoms with Crippen molar-refractivity contribution < 1.29 is 18.3 Å². The standard InChI is InChI=1S/C15H20F2N2O2/c1-10(19-13(20)15(18)8-2-3-9-15)11-4-6-12(7-5-11)21-14(16)17/h4-7,10,14H,2-3,8-9,18H2,1H3,(H,19,20). The smallest absolute Gasteiger partial charge is 0.387 e. The lowest BCUT2D eigenvalue weighted by atomic mass is 9.97. The van der Waals surface area contributed by atoms with Crippen LogP contribution < -0.4 is 15.8 Å². The van der Waals surface area contributed by atoms with Crippen LogP contribution in [0.4, 0.5) is 8.78 Å². The van der Waals surface area contributed by atoms with Crippen molar-refractivity contribution in [3.63, 3.8) is 0 Å². The Hall–Kier alpha value is -1.69. The Morgan fingerprint density at radius 2 is 1.86 bits per heavy atom. The van der Waals surface area contributed by atoms with Gasteiger partial charge in [0.1, 0.15) is 5.75 Å². The van der Waals surface area contributed by atoms with Gasteiger partial charge in [0.2, 0.25) is 5.91 Å². The molecule has 0 bridgehead atoms. The zero-order chi connectivity index (χ0) is 15.5. The maximum atomic E-state index is 12.2. The van der Waals surface area contributed by atoms with Gasteiger partial charge >= 0.3 is 6.61 Å². The molecule has 1 aliphatic carbocycles. The van der Waals surface area contributed by atoms with E-state index in [-0.39, 0.29) is 17.7 Å². The van der Waals surface area contributed by atoms with E-state index in [0.717, 1.165) is 18.4 Å². The molecule has 3 N–H and O–H groups in total. The van der Waals surface area contributed by atoms with E-state index in [2.05, 4.69) is 10.1 Å². The fraction of sp³-hybridized carbons (Fsp3) is 0.533. The minimum absolute atomic E-state index is 0.0957. The Morgan fingerprint density at radius 1 is 1.29 bits per heavy atom. The molecule has 6 heteroatoms. The molecule has 1 aromatic rings. The highest BCUT2D eigenvalue weighted by Crippen LogP contribution is 2.28. The minimum Gasteiger partial charge on any atom is -0.435 e. The number of halogens is 2. The SMILES string of the molecule is CC(NC(=O)C1(N)CCCC1)c1ccc(OC(F)F)cc1. The summed E-state index contributed by atoms with van der Waals surface area (Å²) >= 11 is 0. The Bertz CT molecular complexity index is 485. The second kappa shape index (κ2) is 6.39. The lowest BCUT2D eigenvalue weighted by molar-refractivity contribution is -0.126. The molecule has 1 aromatic carbocycles. The summed E-state index contributed by atoms with van der Waals surface area (Å²) in [5.41, 5.74) is 6.13. The van der Waals surface area contributed by atoms with Gasteiger partial charge in [0.15, 0.2) is 0 Å². The van der Waals surface area contributed by atoms with Crippen molar-refractivity contribution in [3.05, 3.63) is 29.8 Å². The van der Waals surface area contributed by atoms with Crippen LogP contribution >= 0.6 is 0 Å². The quantitative estimate of drug-likeness (QED) is 0.878. The Kier molecular flexibility index (Phi) is 4.77. The van der Waals surface area contributed by atoms with Crippen molar-refractivity contribution in [2.45, 2.75) is 50.8 Å². The summed E-state index contributed by atoms with van der Waals surface area (Å²) in [4.78, 5) is 12.2. The molecule has 0 radical (unpaired) electrons. The molecular formula is C15H20F2N2O2. The van der Waals surface area contributed by atoms with Crippen molar-refractivity contribution in [2.24, 2.45) is 5.73 Å². The molecule has 0 spiro atoms. The number of carbonyl (C=O) groups is 1. The first-order chi connectivity index (χ1) is 9.90. The van der Waals surface area contributed by atoms with Gasteiger partial charge < -0.3 is 15.8 Å². The topological polar surface area (TPSA) is 64.4 Å². The first-order valence-corrected chi connectivity index (χ1v) is 7.05. The summed E-state index contributed by atoms with van der Waals surface area (Å²) in [5.74, 6) is -0.0567. The van der Waals surface area contributed by atoms with E-state index in [1.54, 1.807) is 12.1 Å². The van der Waals surface area contributed by atoms with Crippen molar-refractivity contribution in [3.8, 4) is 5.75 Å². The highest BCUT2D eigenvalue weighted by Gasteiger charge is 2.37. The van der Waals surface area contributed by atoms with Gasteiger partial charge in [-0.3, -0.25) is 4.79 Å². The summed E-state index contributed by atoms with van der Waals surface area (Å²) in [6.07, 6.45) is 3.34. The number of nitrogens with two attached hydrogens (primary N) is 1. The van der Waals surface area contributed by atoms with Crippen molar-refractivity contribution in [1.29, 1.82) is 0 Å². The largest absolute Gasteiger partial charge is 0.435 e. The third-order valence-electron chi connectivity index (χ3n) is 3.90. The molecule has 1 saturated carbocycles. The first-order valence-electron chi connectivity index (χ1n) is 7.05. The van der Waals surface area contributed by atoms with Gasteiger partial charge in [-0.25, -0.2) is 0 Å². The molecule has 0 aromatic heterocycles. The number of carbonyl (C=O) groups excluding carboxylic acids is 1. The van der Waals surface area contributed by atoms with Crippen molar-refractivity contribution in [2.75, 3.05) is 0 Å². The molecule has 21 heavy (non-hydrogen) atoms. The number of ether oxygens (including phenoxy) is 1. The molecule has 1 atom stereocenters. The molecule has 1 amide bonds. The summed E-state index contributed by atoms with van der Waals surface area (Å²) in [5, 5.41) is 2.89. The normalized spacial score (nSPS) is 18.5. The van der Waals surface area contributed by atoms with Gasteiger partial charge in [-0.2, -0.15) is 8.78 Å². The van der Waals surface area contributed by atoms with Gasteiger partial charge in [0.05, 0.1) is 11.6 Å². The fourth-order valence-corrected chi connectivity index (χ4v) is 2.59. The zero-order valence-corrected chi connectivity index (χ0v) is 11.9. The molecule has 1 aliphatic rings. The van der Waals surface area contributed by atoms with Gasteiger partial charge in [-0.15, -0.1) is 0 Å². The van der Waals surface area contributed by atoms with E-state index in [1.807, 2.05) is 6.92 Å². The van der Waals surface area contributed by atoms with Crippen LogP contribution in [-0.2, 0) is 4.79 Å². The number of hydrogen-bond acceptors (Lipinski definition) is 3. The fourth-order valence-electron chi connectivity index (χ4n) is 2.59. The number of nitrogens with one attached hydrogen (secondary N) is 1. The number of amides is 1. The summed E-state index contributed by atoms with van der Waals surface area (Å²) in [7, 11) is 0. The van der Waals surface area contributed by atoms with Crippen LogP contribution in [0.3, 0.4) is 0 Å². The second-order valence-corrected chi connectivity index (χ2v) is 5.51. The molecule has 1 fully saturated rings.